The highest BCUT2D eigenvalue weighted by molar-refractivity contribution is 7.17. The van der Waals surface area contributed by atoms with Crippen LogP contribution in [0.15, 0.2) is 42.0 Å². The summed E-state index contributed by atoms with van der Waals surface area (Å²) in [6.07, 6.45) is 4.24. The van der Waals surface area contributed by atoms with Gasteiger partial charge in [-0.3, -0.25) is 0 Å². The van der Waals surface area contributed by atoms with Crippen molar-refractivity contribution in [2.75, 3.05) is 18.6 Å². The predicted molar refractivity (Wildman–Crippen MR) is 66.1 cm³/mol. The van der Waals surface area contributed by atoms with E-state index in [1.807, 2.05) is 11.3 Å². The van der Waals surface area contributed by atoms with Crippen LogP contribution in [0.2, 0.25) is 0 Å². The van der Waals surface area contributed by atoms with Crippen molar-refractivity contribution in [3.63, 3.8) is 0 Å². The van der Waals surface area contributed by atoms with Gasteiger partial charge in [0.05, 0.1) is 12.4 Å². The van der Waals surface area contributed by atoms with Crippen molar-refractivity contribution >= 4 is 27.1 Å². The number of nitrogens with zero attached hydrogens (tertiary/aromatic N) is 2. The van der Waals surface area contributed by atoms with Crippen LogP contribution < -0.4 is 4.90 Å². The fraction of sp³-hybridized carbons (Fsp3) is 0.167. The molecule has 0 saturated heterocycles. The third kappa shape index (κ3) is 1.39. The topological polar surface area (TPSA) is 6.48 Å². The molecule has 0 unspecified atom stereocenters. The Bertz CT molecular complexity index is 515. The van der Waals surface area contributed by atoms with Gasteiger partial charge in [0, 0.05) is 34.9 Å². The summed E-state index contributed by atoms with van der Waals surface area (Å²) in [6.45, 7) is 0.945. The molecule has 2 aromatic rings. The zero-order valence-electron chi connectivity index (χ0n) is 8.55. The molecule has 1 aliphatic heterocycles. The van der Waals surface area contributed by atoms with E-state index in [2.05, 4.69) is 58.9 Å². The van der Waals surface area contributed by atoms with E-state index in [1.54, 1.807) is 0 Å². The first-order valence-electron chi connectivity index (χ1n) is 4.96. The van der Waals surface area contributed by atoms with Gasteiger partial charge in [0.1, 0.15) is 0 Å². The fourth-order valence-corrected chi connectivity index (χ4v) is 2.83. The first kappa shape index (κ1) is 8.80. The van der Waals surface area contributed by atoms with Crippen molar-refractivity contribution < 1.29 is 0 Å². The second kappa shape index (κ2) is 3.28. The molecule has 2 heterocycles. The molecule has 0 spiro atoms. The summed E-state index contributed by atoms with van der Waals surface area (Å²) in [7, 11) is 2.09. The molecule has 0 atom stereocenters. The van der Waals surface area contributed by atoms with E-state index in [4.69, 9.17) is 0 Å². The first-order chi connectivity index (χ1) is 7.34. The van der Waals surface area contributed by atoms with Gasteiger partial charge < -0.3 is 9.80 Å². The number of thiophene rings is 1. The van der Waals surface area contributed by atoms with Crippen LogP contribution in [-0.4, -0.2) is 18.6 Å². The summed E-state index contributed by atoms with van der Waals surface area (Å²) >= 11 is 1.81. The summed E-state index contributed by atoms with van der Waals surface area (Å²) in [4.78, 5) is 4.45. The van der Waals surface area contributed by atoms with Crippen LogP contribution in [0.5, 0.6) is 0 Å². The molecule has 0 fully saturated rings. The van der Waals surface area contributed by atoms with Gasteiger partial charge in [-0.05, 0) is 6.07 Å². The molecule has 1 aromatic heterocycles. The number of hydrogen-bond donors (Lipinski definition) is 0. The lowest BCUT2D eigenvalue weighted by atomic mass is 10.2. The molecular weight excluding hydrogens is 204 g/mol. The molecule has 1 aliphatic rings. The van der Waals surface area contributed by atoms with Crippen molar-refractivity contribution in [2.45, 2.75) is 0 Å². The molecule has 0 N–H and O–H groups in total. The van der Waals surface area contributed by atoms with Crippen molar-refractivity contribution in [1.29, 1.82) is 0 Å². The molecule has 2 nitrogen and oxygen atoms in total. The minimum absolute atomic E-state index is 0.945. The summed E-state index contributed by atoms with van der Waals surface area (Å²) < 4.78 is 1.36. The first-order valence-corrected chi connectivity index (χ1v) is 5.84. The van der Waals surface area contributed by atoms with Crippen LogP contribution in [0.3, 0.4) is 0 Å². The highest BCUT2D eigenvalue weighted by Crippen LogP contribution is 2.33. The standard InChI is InChI=1S/C12H12N2S/c1-13-6-7-14(9-13)11-8-15-12-5-3-2-4-10(11)12/h2-8H,9H2,1H3. The highest BCUT2D eigenvalue weighted by atomic mass is 32.1. The van der Waals surface area contributed by atoms with Crippen molar-refractivity contribution in [3.8, 4) is 0 Å². The molecule has 0 amide bonds. The van der Waals surface area contributed by atoms with Crippen molar-refractivity contribution in [3.05, 3.63) is 42.0 Å². The number of hydrogen-bond acceptors (Lipinski definition) is 3. The molecule has 0 saturated carbocycles. The Morgan fingerprint density at radius 3 is 2.87 bits per heavy atom. The number of rotatable bonds is 1. The van der Waals surface area contributed by atoms with E-state index in [1.165, 1.54) is 15.8 Å². The van der Waals surface area contributed by atoms with Crippen molar-refractivity contribution in [1.82, 2.24) is 4.90 Å². The second-order valence-corrected chi connectivity index (χ2v) is 4.69. The van der Waals surface area contributed by atoms with E-state index in [-0.39, 0.29) is 0 Å². The normalized spacial score (nSPS) is 15.5. The molecule has 3 rings (SSSR count). The average molecular weight is 216 g/mol. The second-order valence-electron chi connectivity index (χ2n) is 3.78. The number of fused-ring (bicyclic) bond motifs is 1. The van der Waals surface area contributed by atoms with Gasteiger partial charge in [-0.15, -0.1) is 11.3 Å². The third-order valence-electron chi connectivity index (χ3n) is 2.65. The maximum Gasteiger partial charge on any atom is 0.0939 e. The smallest absolute Gasteiger partial charge is 0.0939 e. The van der Waals surface area contributed by atoms with Gasteiger partial charge in [0.15, 0.2) is 0 Å². The van der Waals surface area contributed by atoms with Crippen molar-refractivity contribution in [2.24, 2.45) is 0 Å². The monoisotopic (exact) mass is 216 g/mol. The molecule has 0 bridgehead atoms. The SMILES string of the molecule is CN1C=CN(c2csc3ccccc23)C1. The van der Waals surface area contributed by atoms with Crippen LogP contribution in [0.1, 0.15) is 0 Å². The minimum Gasteiger partial charge on any atom is -0.361 e. The Morgan fingerprint density at radius 1 is 1.20 bits per heavy atom. The molecule has 3 heteroatoms. The lowest BCUT2D eigenvalue weighted by Gasteiger charge is -2.17. The minimum atomic E-state index is 0.945. The van der Waals surface area contributed by atoms with Crippen LogP contribution in [0.25, 0.3) is 10.1 Å². The quantitative estimate of drug-likeness (QED) is 0.722. The van der Waals surface area contributed by atoms with E-state index < -0.39 is 0 Å². The van der Waals surface area contributed by atoms with Gasteiger partial charge in [0.25, 0.3) is 0 Å². The lowest BCUT2D eigenvalue weighted by Crippen LogP contribution is -2.21. The number of anilines is 1. The van der Waals surface area contributed by atoms with E-state index >= 15 is 0 Å². The van der Waals surface area contributed by atoms with Gasteiger partial charge in [0.2, 0.25) is 0 Å². The van der Waals surface area contributed by atoms with E-state index in [0.29, 0.717) is 0 Å². The zero-order chi connectivity index (χ0) is 10.3. The maximum atomic E-state index is 2.28. The Labute approximate surface area is 93.0 Å². The zero-order valence-corrected chi connectivity index (χ0v) is 9.37. The third-order valence-corrected chi connectivity index (χ3v) is 3.60. The van der Waals surface area contributed by atoms with Gasteiger partial charge in [-0.25, -0.2) is 0 Å². The molecule has 0 radical (unpaired) electrons. The Hall–Kier alpha value is -1.48. The van der Waals surface area contributed by atoms with Crippen LogP contribution in [-0.2, 0) is 0 Å². The van der Waals surface area contributed by atoms with Gasteiger partial charge in [-0.1, -0.05) is 18.2 Å². The summed E-state index contributed by atoms with van der Waals surface area (Å²) in [5.41, 5.74) is 1.32. The molecule has 0 aliphatic carbocycles. The lowest BCUT2D eigenvalue weighted by molar-refractivity contribution is 0.496. The Morgan fingerprint density at radius 2 is 2.07 bits per heavy atom. The number of benzene rings is 1. The Kier molecular flexibility index (Phi) is 1.92. The maximum absolute atomic E-state index is 2.28. The van der Waals surface area contributed by atoms with Gasteiger partial charge in [-0.2, -0.15) is 0 Å². The van der Waals surface area contributed by atoms with E-state index in [0.717, 1.165) is 6.67 Å². The summed E-state index contributed by atoms with van der Waals surface area (Å²) in [5, 5.41) is 3.58. The van der Waals surface area contributed by atoms with Crippen LogP contribution in [0.4, 0.5) is 5.69 Å². The summed E-state index contributed by atoms with van der Waals surface area (Å²) in [5.74, 6) is 0. The Balaban J connectivity index is 2.08. The summed E-state index contributed by atoms with van der Waals surface area (Å²) in [6, 6.07) is 8.55. The van der Waals surface area contributed by atoms with Gasteiger partial charge >= 0.3 is 0 Å². The van der Waals surface area contributed by atoms with E-state index in [9.17, 15) is 0 Å². The molecular formula is C12H12N2S. The van der Waals surface area contributed by atoms with Crippen LogP contribution >= 0.6 is 11.3 Å². The molecule has 15 heavy (non-hydrogen) atoms. The molecule has 76 valence electrons. The largest absolute Gasteiger partial charge is 0.361 e. The average Bonchev–Trinajstić information content (AvgIpc) is 2.83. The predicted octanol–water partition coefficient (Wildman–Crippen LogP) is 3.08. The highest BCUT2D eigenvalue weighted by Gasteiger charge is 2.14. The fourth-order valence-electron chi connectivity index (χ4n) is 1.87. The van der Waals surface area contributed by atoms with Crippen LogP contribution in [0, 0.1) is 0 Å². The molecule has 1 aromatic carbocycles.